The van der Waals surface area contributed by atoms with Crippen LogP contribution in [-0.4, -0.2) is 38.9 Å². The van der Waals surface area contributed by atoms with Gasteiger partial charge in [0.15, 0.2) is 6.10 Å². The highest BCUT2D eigenvalue weighted by Crippen LogP contribution is 2.43. The van der Waals surface area contributed by atoms with Gasteiger partial charge in [-0.05, 0) is 68.9 Å². The lowest BCUT2D eigenvalue weighted by molar-refractivity contribution is -0.147. The van der Waals surface area contributed by atoms with Crippen molar-refractivity contribution in [3.63, 3.8) is 0 Å². The van der Waals surface area contributed by atoms with Crippen molar-refractivity contribution < 1.29 is 23.8 Å². The number of aromatic nitrogens is 3. The van der Waals surface area contributed by atoms with Gasteiger partial charge < -0.3 is 18.8 Å². The van der Waals surface area contributed by atoms with Crippen LogP contribution in [0, 0.1) is 20.8 Å². The van der Waals surface area contributed by atoms with E-state index in [1.54, 1.807) is 18.2 Å². The molecule has 3 atom stereocenters. The SMILES string of the molecule is Cc1ccc(C(=O)O[C@H]2C[C@H](n3cc(C4CCCC4)c4c(Cl)ncnc43)O[C@@H]2OC(=O)c2ccc(C)cc2C)cc1. The predicted octanol–water partition coefficient (Wildman–Crippen LogP) is 7.00. The third-order valence-electron chi connectivity index (χ3n) is 8.10. The van der Waals surface area contributed by atoms with Crippen molar-refractivity contribution in [1.29, 1.82) is 0 Å². The fourth-order valence-corrected chi connectivity index (χ4v) is 6.18. The highest BCUT2D eigenvalue weighted by atomic mass is 35.5. The molecule has 4 aromatic rings. The van der Waals surface area contributed by atoms with Gasteiger partial charge in [-0.3, -0.25) is 0 Å². The Hall–Kier alpha value is -3.75. The molecule has 0 N–H and O–H groups in total. The third kappa shape index (κ3) is 5.46. The van der Waals surface area contributed by atoms with Crippen LogP contribution in [0.25, 0.3) is 11.0 Å². The maximum atomic E-state index is 13.3. The van der Waals surface area contributed by atoms with Gasteiger partial charge in [-0.25, -0.2) is 19.6 Å². The second-order valence-electron chi connectivity index (χ2n) is 11.1. The van der Waals surface area contributed by atoms with Crippen LogP contribution in [0.3, 0.4) is 0 Å². The van der Waals surface area contributed by atoms with Gasteiger partial charge >= 0.3 is 11.9 Å². The first-order chi connectivity index (χ1) is 19.8. The summed E-state index contributed by atoms with van der Waals surface area (Å²) >= 11 is 6.58. The summed E-state index contributed by atoms with van der Waals surface area (Å²) in [5.74, 6) is -0.697. The first-order valence-corrected chi connectivity index (χ1v) is 14.4. The van der Waals surface area contributed by atoms with Crippen LogP contribution in [0.2, 0.25) is 5.15 Å². The fourth-order valence-electron chi connectivity index (χ4n) is 5.94. The number of fused-ring (bicyclic) bond motifs is 1. The first kappa shape index (κ1) is 27.4. The summed E-state index contributed by atoms with van der Waals surface area (Å²) in [6.07, 6.45) is 5.63. The van der Waals surface area contributed by atoms with Crippen molar-refractivity contribution in [2.24, 2.45) is 0 Å². The highest BCUT2D eigenvalue weighted by molar-refractivity contribution is 6.34. The highest BCUT2D eigenvalue weighted by Gasteiger charge is 2.43. The predicted molar refractivity (Wildman–Crippen MR) is 154 cm³/mol. The number of halogens is 1. The van der Waals surface area contributed by atoms with E-state index in [0.717, 1.165) is 53.3 Å². The molecule has 1 aliphatic heterocycles. The lowest BCUT2D eigenvalue weighted by atomic mass is 9.98. The van der Waals surface area contributed by atoms with Crippen LogP contribution in [0.4, 0.5) is 0 Å². The molecule has 1 saturated heterocycles. The summed E-state index contributed by atoms with van der Waals surface area (Å²) in [5, 5.41) is 1.21. The molecule has 0 unspecified atom stereocenters. The number of esters is 2. The number of rotatable bonds is 6. The lowest BCUT2D eigenvalue weighted by Gasteiger charge is -2.20. The topological polar surface area (TPSA) is 92.5 Å². The zero-order valence-corrected chi connectivity index (χ0v) is 24.1. The molecule has 0 amide bonds. The zero-order chi connectivity index (χ0) is 28.7. The van der Waals surface area contributed by atoms with E-state index in [4.69, 9.17) is 25.8 Å². The minimum Gasteiger partial charge on any atom is -0.452 e. The molecule has 6 rings (SSSR count). The van der Waals surface area contributed by atoms with Crippen molar-refractivity contribution in [1.82, 2.24) is 14.5 Å². The first-order valence-electron chi connectivity index (χ1n) is 14.0. The summed E-state index contributed by atoms with van der Waals surface area (Å²) < 4.78 is 20.0. The van der Waals surface area contributed by atoms with Crippen molar-refractivity contribution in [2.45, 2.75) is 77.4 Å². The second-order valence-corrected chi connectivity index (χ2v) is 11.4. The van der Waals surface area contributed by atoms with E-state index in [1.165, 1.54) is 6.33 Å². The average Bonchev–Trinajstić information content (AvgIpc) is 3.69. The Morgan fingerprint density at radius 2 is 1.68 bits per heavy atom. The molecular formula is C32H32ClN3O5. The second kappa shape index (κ2) is 11.3. The number of carbonyl (C=O) groups is 2. The van der Waals surface area contributed by atoms with Gasteiger partial charge in [-0.15, -0.1) is 0 Å². The number of ether oxygens (including phenoxy) is 3. The van der Waals surface area contributed by atoms with E-state index in [9.17, 15) is 9.59 Å². The molecule has 8 nitrogen and oxygen atoms in total. The molecule has 0 radical (unpaired) electrons. The van der Waals surface area contributed by atoms with E-state index >= 15 is 0 Å². The van der Waals surface area contributed by atoms with E-state index in [-0.39, 0.29) is 6.42 Å². The Morgan fingerprint density at radius 1 is 0.951 bits per heavy atom. The molecule has 3 heterocycles. The molecule has 41 heavy (non-hydrogen) atoms. The Bertz CT molecular complexity index is 1610. The monoisotopic (exact) mass is 573 g/mol. The molecule has 2 fully saturated rings. The van der Waals surface area contributed by atoms with Crippen LogP contribution in [0.5, 0.6) is 0 Å². The van der Waals surface area contributed by atoms with E-state index in [2.05, 4.69) is 9.97 Å². The molecule has 0 spiro atoms. The number of hydrogen-bond donors (Lipinski definition) is 0. The molecule has 2 aromatic carbocycles. The summed E-state index contributed by atoms with van der Waals surface area (Å²) in [4.78, 5) is 35.2. The Morgan fingerprint density at radius 3 is 2.41 bits per heavy atom. The Balaban J connectivity index is 1.32. The number of aryl methyl sites for hydroxylation is 3. The van der Waals surface area contributed by atoms with Crippen LogP contribution < -0.4 is 0 Å². The quantitative estimate of drug-likeness (QED) is 0.181. The van der Waals surface area contributed by atoms with Crippen molar-refractivity contribution >= 4 is 34.6 Å². The number of carbonyl (C=O) groups excluding carboxylic acids is 2. The maximum Gasteiger partial charge on any atom is 0.340 e. The van der Waals surface area contributed by atoms with Gasteiger partial charge in [0.05, 0.1) is 16.5 Å². The summed E-state index contributed by atoms with van der Waals surface area (Å²) in [7, 11) is 0. The van der Waals surface area contributed by atoms with E-state index in [0.29, 0.717) is 27.8 Å². The molecule has 0 bridgehead atoms. The van der Waals surface area contributed by atoms with Crippen molar-refractivity contribution in [3.8, 4) is 0 Å². The largest absolute Gasteiger partial charge is 0.452 e. The van der Waals surface area contributed by atoms with E-state index < -0.39 is 30.6 Å². The summed E-state index contributed by atoms with van der Waals surface area (Å²) in [6.45, 7) is 5.77. The number of benzene rings is 2. The Labute approximate surface area is 243 Å². The van der Waals surface area contributed by atoms with Gasteiger partial charge in [0.2, 0.25) is 6.29 Å². The van der Waals surface area contributed by atoms with Gasteiger partial charge in [0.1, 0.15) is 23.4 Å². The molecule has 212 valence electrons. The number of hydrogen-bond acceptors (Lipinski definition) is 7. The van der Waals surface area contributed by atoms with Crippen molar-refractivity contribution in [3.05, 3.63) is 93.5 Å². The lowest BCUT2D eigenvalue weighted by Crippen LogP contribution is -2.32. The smallest absolute Gasteiger partial charge is 0.340 e. The van der Waals surface area contributed by atoms with E-state index in [1.807, 2.05) is 55.8 Å². The van der Waals surface area contributed by atoms with Crippen LogP contribution in [-0.2, 0) is 14.2 Å². The molecule has 2 aromatic heterocycles. The maximum absolute atomic E-state index is 13.3. The van der Waals surface area contributed by atoms with Gasteiger partial charge in [-0.2, -0.15) is 0 Å². The fraction of sp³-hybridized carbons (Fsp3) is 0.375. The minimum atomic E-state index is -1.12. The molecule has 9 heteroatoms. The molecular weight excluding hydrogens is 542 g/mol. The normalized spacial score (nSPS) is 20.9. The van der Waals surface area contributed by atoms with Crippen molar-refractivity contribution in [2.75, 3.05) is 0 Å². The minimum absolute atomic E-state index is 0.262. The third-order valence-corrected chi connectivity index (χ3v) is 8.38. The summed E-state index contributed by atoms with van der Waals surface area (Å²) in [6, 6.07) is 12.6. The van der Waals surface area contributed by atoms with Crippen LogP contribution in [0.15, 0.2) is 55.0 Å². The average molecular weight is 574 g/mol. The van der Waals surface area contributed by atoms with Crippen LogP contribution >= 0.6 is 11.6 Å². The van der Waals surface area contributed by atoms with Gasteiger partial charge in [0.25, 0.3) is 0 Å². The zero-order valence-electron chi connectivity index (χ0n) is 23.3. The van der Waals surface area contributed by atoms with Gasteiger partial charge in [-0.1, -0.05) is 59.8 Å². The molecule has 1 aliphatic carbocycles. The number of nitrogens with zero attached hydrogens (tertiary/aromatic N) is 3. The standard InChI is InChI=1S/C32H32ClN3O5/c1-18-8-11-22(12-9-18)30(37)39-25-15-26(40-32(25)41-31(38)23-13-10-19(2)14-20(23)3)36-16-24(21-6-4-5-7-21)27-28(33)34-17-35-29(27)36/h8-14,16-17,21,25-26,32H,4-7,15H2,1-3H3/t25-,26+,32+/m0/s1. The summed E-state index contributed by atoms with van der Waals surface area (Å²) in [5.41, 5.74) is 5.44. The van der Waals surface area contributed by atoms with Crippen LogP contribution in [0.1, 0.15) is 87.2 Å². The van der Waals surface area contributed by atoms with Gasteiger partial charge in [0, 0.05) is 12.6 Å². The Kier molecular flexibility index (Phi) is 7.53. The molecule has 2 aliphatic rings. The molecule has 1 saturated carbocycles.